The summed E-state index contributed by atoms with van der Waals surface area (Å²) in [5.74, 6) is 2.24. The van der Waals surface area contributed by atoms with E-state index in [1.54, 1.807) is 0 Å². The van der Waals surface area contributed by atoms with Gasteiger partial charge in [-0.05, 0) is 17.9 Å². The summed E-state index contributed by atoms with van der Waals surface area (Å²) >= 11 is 0. The first-order valence-electron chi connectivity index (χ1n) is 6.34. The van der Waals surface area contributed by atoms with E-state index in [1.807, 2.05) is 12.4 Å². The second-order valence-electron chi connectivity index (χ2n) is 4.66. The molecule has 1 N–H and O–H groups in total. The summed E-state index contributed by atoms with van der Waals surface area (Å²) in [6.45, 7) is 4.54. The topological polar surface area (TPSA) is 28.7 Å². The molecule has 2 rings (SSSR count). The molecule has 2 unspecified atom stereocenters. The smallest absolute Gasteiger partial charge is 0.109 e. The normalized spacial score (nSPS) is 14.5. The number of rotatable bonds is 5. The zero-order valence-corrected chi connectivity index (χ0v) is 10.6. The van der Waals surface area contributed by atoms with Crippen LogP contribution >= 0.6 is 0 Å². The Bertz CT molecular complexity index is 419. The van der Waals surface area contributed by atoms with Crippen molar-refractivity contribution in [3.8, 4) is 0 Å². The monoisotopic (exact) mass is 228 g/mol. The van der Waals surface area contributed by atoms with Crippen LogP contribution in [0.4, 0.5) is 0 Å². The predicted octanol–water partition coefficient (Wildman–Crippen LogP) is 3.78. The van der Waals surface area contributed by atoms with Gasteiger partial charge >= 0.3 is 0 Å². The molecule has 1 aromatic carbocycles. The summed E-state index contributed by atoms with van der Waals surface area (Å²) in [5, 5.41) is 0. The Morgan fingerprint density at radius 1 is 1.24 bits per heavy atom. The number of nitrogens with one attached hydrogen (secondary N) is 1. The third kappa shape index (κ3) is 2.96. The summed E-state index contributed by atoms with van der Waals surface area (Å²) in [5.41, 5.74) is 1.38. The van der Waals surface area contributed by atoms with Gasteiger partial charge in [0.25, 0.3) is 0 Å². The van der Waals surface area contributed by atoms with E-state index in [0.29, 0.717) is 11.8 Å². The summed E-state index contributed by atoms with van der Waals surface area (Å²) in [7, 11) is 0. The van der Waals surface area contributed by atoms with Crippen molar-refractivity contribution in [1.29, 1.82) is 0 Å². The maximum atomic E-state index is 4.43. The van der Waals surface area contributed by atoms with Crippen LogP contribution in [0.25, 0.3) is 0 Å². The lowest BCUT2D eigenvalue weighted by Crippen LogP contribution is -2.13. The lowest BCUT2D eigenvalue weighted by atomic mass is 9.86. The first-order chi connectivity index (χ1) is 8.31. The van der Waals surface area contributed by atoms with Gasteiger partial charge in [0.15, 0.2) is 0 Å². The first kappa shape index (κ1) is 11.9. The lowest BCUT2D eigenvalue weighted by Gasteiger charge is -2.21. The van der Waals surface area contributed by atoms with Gasteiger partial charge in [0.05, 0.1) is 0 Å². The van der Waals surface area contributed by atoms with Crippen molar-refractivity contribution in [3.05, 3.63) is 54.1 Å². The zero-order chi connectivity index (χ0) is 12.1. The quantitative estimate of drug-likeness (QED) is 0.829. The molecule has 0 bridgehead atoms. The van der Waals surface area contributed by atoms with Gasteiger partial charge in [0.1, 0.15) is 5.82 Å². The largest absolute Gasteiger partial charge is 0.348 e. The van der Waals surface area contributed by atoms with Crippen LogP contribution in [-0.2, 0) is 6.42 Å². The van der Waals surface area contributed by atoms with Crippen molar-refractivity contribution in [2.75, 3.05) is 0 Å². The van der Waals surface area contributed by atoms with E-state index in [9.17, 15) is 0 Å². The van der Waals surface area contributed by atoms with Crippen LogP contribution in [0.1, 0.15) is 37.6 Å². The molecule has 2 atom stereocenters. The average Bonchev–Trinajstić information content (AvgIpc) is 2.90. The molecule has 0 aliphatic rings. The van der Waals surface area contributed by atoms with E-state index in [2.05, 4.69) is 54.1 Å². The highest BCUT2D eigenvalue weighted by Gasteiger charge is 2.20. The molecule has 0 fully saturated rings. The van der Waals surface area contributed by atoms with E-state index in [0.717, 1.165) is 12.2 Å². The van der Waals surface area contributed by atoms with Gasteiger partial charge in [0.2, 0.25) is 0 Å². The number of H-pyrrole nitrogens is 1. The fraction of sp³-hybridized carbons (Fsp3) is 0.400. The van der Waals surface area contributed by atoms with E-state index in [-0.39, 0.29) is 0 Å². The fourth-order valence-electron chi connectivity index (χ4n) is 2.20. The molecule has 0 saturated heterocycles. The number of hydrogen-bond donors (Lipinski definition) is 1. The van der Waals surface area contributed by atoms with Crippen LogP contribution in [0.5, 0.6) is 0 Å². The maximum absolute atomic E-state index is 4.43. The van der Waals surface area contributed by atoms with Gasteiger partial charge in [0, 0.05) is 18.3 Å². The molecule has 0 aliphatic heterocycles. The van der Waals surface area contributed by atoms with Crippen molar-refractivity contribution in [2.24, 2.45) is 5.92 Å². The number of benzene rings is 1. The highest BCUT2D eigenvalue weighted by atomic mass is 14.9. The second kappa shape index (κ2) is 5.67. The van der Waals surface area contributed by atoms with Gasteiger partial charge in [-0.15, -0.1) is 0 Å². The molecule has 0 spiro atoms. The SMILES string of the molecule is CCC(C)C(Cc1ccccc1)c1ncc[nH]1. The molecule has 2 aromatic rings. The minimum absolute atomic E-state index is 0.484. The third-order valence-corrected chi connectivity index (χ3v) is 3.50. The summed E-state index contributed by atoms with van der Waals surface area (Å²) in [6, 6.07) is 10.7. The molecule has 17 heavy (non-hydrogen) atoms. The van der Waals surface area contributed by atoms with Gasteiger partial charge < -0.3 is 4.98 Å². The summed E-state index contributed by atoms with van der Waals surface area (Å²) in [6.07, 6.45) is 5.99. The molecule has 0 aliphatic carbocycles. The second-order valence-corrected chi connectivity index (χ2v) is 4.66. The van der Waals surface area contributed by atoms with E-state index in [1.165, 1.54) is 12.0 Å². The first-order valence-corrected chi connectivity index (χ1v) is 6.34. The number of nitrogens with zero attached hydrogens (tertiary/aromatic N) is 1. The van der Waals surface area contributed by atoms with Crippen LogP contribution in [-0.4, -0.2) is 9.97 Å². The van der Waals surface area contributed by atoms with Crippen LogP contribution < -0.4 is 0 Å². The van der Waals surface area contributed by atoms with Gasteiger partial charge in [-0.25, -0.2) is 4.98 Å². The predicted molar refractivity (Wildman–Crippen MR) is 70.9 cm³/mol. The van der Waals surface area contributed by atoms with E-state index >= 15 is 0 Å². The molecule has 0 amide bonds. The third-order valence-electron chi connectivity index (χ3n) is 3.50. The number of imidazole rings is 1. The Morgan fingerprint density at radius 2 is 2.00 bits per heavy atom. The Hall–Kier alpha value is -1.57. The zero-order valence-electron chi connectivity index (χ0n) is 10.6. The van der Waals surface area contributed by atoms with Crippen LogP contribution in [0.15, 0.2) is 42.7 Å². The molecule has 2 heteroatoms. The van der Waals surface area contributed by atoms with Gasteiger partial charge in [-0.1, -0.05) is 50.6 Å². The van der Waals surface area contributed by atoms with Crippen molar-refractivity contribution in [2.45, 2.75) is 32.6 Å². The Balaban J connectivity index is 2.17. The van der Waals surface area contributed by atoms with Crippen LogP contribution in [0.2, 0.25) is 0 Å². The maximum Gasteiger partial charge on any atom is 0.109 e. The number of hydrogen-bond acceptors (Lipinski definition) is 1. The minimum Gasteiger partial charge on any atom is -0.348 e. The van der Waals surface area contributed by atoms with Crippen molar-refractivity contribution in [1.82, 2.24) is 9.97 Å². The molecular weight excluding hydrogens is 208 g/mol. The minimum atomic E-state index is 0.484. The van der Waals surface area contributed by atoms with Crippen molar-refractivity contribution < 1.29 is 0 Å². The Morgan fingerprint density at radius 3 is 2.59 bits per heavy atom. The van der Waals surface area contributed by atoms with Crippen LogP contribution in [0, 0.1) is 5.92 Å². The standard InChI is InChI=1S/C15H20N2/c1-3-12(2)14(15-16-9-10-17-15)11-13-7-5-4-6-8-13/h4-10,12,14H,3,11H2,1-2H3,(H,16,17). The highest BCUT2D eigenvalue weighted by Crippen LogP contribution is 2.28. The van der Waals surface area contributed by atoms with Gasteiger partial charge in [-0.2, -0.15) is 0 Å². The molecule has 0 saturated carbocycles. The highest BCUT2D eigenvalue weighted by molar-refractivity contribution is 5.18. The number of aromatic nitrogens is 2. The fourth-order valence-corrected chi connectivity index (χ4v) is 2.20. The van der Waals surface area contributed by atoms with Crippen molar-refractivity contribution in [3.63, 3.8) is 0 Å². The lowest BCUT2D eigenvalue weighted by molar-refractivity contribution is 0.428. The average molecular weight is 228 g/mol. The van der Waals surface area contributed by atoms with E-state index in [4.69, 9.17) is 0 Å². The molecule has 0 radical (unpaired) electrons. The molecule has 2 nitrogen and oxygen atoms in total. The van der Waals surface area contributed by atoms with Gasteiger partial charge in [-0.3, -0.25) is 0 Å². The molecule has 1 heterocycles. The molecule has 90 valence electrons. The summed E-state index contributed by atoms with van der Waals surface area (Å²) < 4.78 is 0. The summed E-state index contributed by atoms with van der Waals surface area (Å²) in [4.78, 5) is 7.69. The molecular formula is C15H20N2. The van der Waals surface area contributed by atoms with Crippen molar-refractivity contribution >= 4 is 0 Å². The molecule has 1 aromatic heterocycles. The Kier molecular flexibility index (Phi) is 3.97. The number of aromatic amines is 1. The van der Waals surface area contributed by atoms with E-state index < -0.39 is 0 Å². The Labute approximate surface area is 103 Å². The van der Waals surface area contributed by atoms with Crippen LogP contribution in [0.3, 0.4) is 0 Å².